The second-order valence-corrected chi connectivity index (χ2v) is 14.1. The van der Waals surface area contributed by atoms with Gasteiger partial charge in [0.25, 0.3) is 8.32 Å². The Morgan fingerprint density at radius 1 is 1.04 bits per heavy atom. The normalized spacial score (nSPS) is 12.7. The SMILES string of the molecule is CC(C)[Si](Oc1ccc(NC(=O)OC(C)(C)C)c(F)c1)(C(C)C)C(C)C. The average molecular weight is 384 g/mol. The molecule has 1 rings (SSSR count). The van der Waals surface area contributed by atoms with E-state index in [2.05, 4.69) is 46.9 Å². The molecule has 1 aromatic carbocycles. The molecule has 4 nitrogen and oxygen atoms in total. The fourth-order valence-electron chi connectivity index (χ4n) is 3.63. The predicted octanol–water partition coefficient (Wildman–Crippen LogP) is 6.73. The highest BCUT2D eigenvalue weighted by Gasteiger charge is 2.47. The summed E-state index contributed by atoms with van der Waals surface area (Å²) < 4.78 is 26.1. The second kappa shape index (κ2) is 8.42. The zero-order valence-corrected chi connectivity index (χ0v) is 18.6. The first-order valence-corrected chi connectivity index (χ1v) is 11.4. The predicted molar refractivity (Wildman–Crippen MR) is 108 cm³/mol. The van der Waals surface area contributed by atoms with Crippen molar-refractivity contribution in [1.82, 2.24) is 0 Å². The lowest BCUT2D eigenvalue weighted by Gasteiger charge is -2.42. The first-order chi connectivity index (χ1) is 11.8. The second-order valence-electron chi connectivity index (χ2n) is 8.69. The van der Waals surface area contributed by atoms with Crippen molar-refractivity contribution in [2.45, 2.75) is 84.5 Å². The van der Waals surface area contributed by atoms with E-state index in [4.69, 9.17) is 9.16 Å². The van der Waals surface area contributed by atoms with E-state index in [0.717, 1.165) is 0 Å². The summed E-state index contributed by atoms with van der Waals surface area (Å²) in [5.74, 6) is -0.0208. The molecule has 0 unspecified atom stereocenters. The lowest BCUT2D eigenvalue weighted by molar-refractivity contribution is 0.0635. The standard InChI is InChI=1S/C20H34FNO3Si/c1-13(2)26(14(3)4,15(5)6)25-16-10-11-18(17(21)12-16)22-19(23)24-20(7,8)9/h10-15H,1-9H3,(H,22,23). The molecule has 0 aromatic heterocycles. The van der Waals surface area contributed by atoms with Crippen LogP contribution in [-0.2, 0) is 4.74 Å². The highest BCUT2D eigenvalue weighted by molar-refractivity contribution is 6.78. The van der Waals surface area contributed by atoms with Crippen LogP contribution in [0.15, 0.2) is 18.2 Å². The Bertz CT molecular complexity index is 602. The van der Waals surface area contributed by atoms with Crippen LogP contribution < -0.4 is 9.74 Å². The van der Waals surface area contributed by atoms with Gasteiger partial charge in [0.15, 0.2) is 0 Å². The van der Waals surface area contributed by atoms with Crippen molar-refractivity contribution in [3.8, 4) is 5.75 Å². The van der Waals surface area contributed by atoms with Gasteiger partial charge in [-0.3, -0.25) is 5.32 Å². The first kappa shape index (κ1) is 22.5. The largest absolute Gasteiger partial charge is 0.543 e. The van der Waals surface area contributed by atoms with Crippen molar-refractivity contribution in [1.29, 1.82) is 0 Å². The number of carbonyl (C=O) groups is 1. The van der Waals surface area contributed by atoms with Gasteiger partial charge in [-0.25, -0.2) is 9.18 Å². The lowest BCUT2D eigenvalue weighted by atomic mass is 10.2. The molecule has 0 radical (unpaired) electrons. The molecule has 0 fully saturated rings. The van der Waals surface area contributed by atoms with Crippen molar-refractivity contribution >= 4 is 20.1 Å². The fraction of sp³-hybridized carbons (Fsp3) is 0.650. The van der Waals surface area contributed by atoms with Crippen molar-refractivity contribution in [3.63, 3.8) is 0 Å². The van der Waals surface area contributed by atoms with Crippen molar-refractivity contribution in [2.75, 3.05) is 5.32 Å². The summed E-state index contributed by atoms with van der Waals surface area (Å²) in [6.07, 6.45) is -0.680. The zero-order chi connectivity index (χ0) is 20.3. The van der Waals surface area contributed by atoms with Gasteiger partial charge < -0.3 is 9.16 Å². The van der Waals surface area contributed by atoms with E-state index < -0.39 is 25.8 Å². The van der Waals surface area contributed by atoms with Gasteiger partial charge in [-0.15, -0.1) is 0 Å². The Morgan fingerprint density at radius 2 is 1.54 bits per heavy atom. The van der Waals surface area contributed by atoms with E-state index in [1.807, 2.05) is 0 Å². The summed E-state index contributed by atoms with van der Waals surface area (Å²) in [6, 6.07) is 4.58. The van der Waals surface area contributed by atoms with Gasteiger partial charge in [0.1, 0.15) is 17.2 Å². The third-order valence-electron chi connectivity index (χ3n) is 4.58. The van der Waals surface area contributed by atoms with Crippen LogP contribution in [0.2, 0.25) is 16.6 Å². The van der Waals surface area contributed by atoms with Crippen molar-refractivity contribution in [2.24, 2.45) is 0 Å². The molecule has 1 N–H and O–H groups in total. The van der Waals surface area contributed by atoms with E-state index >= 15 is 0 Å². The molecule has 0 aliphatic carbocycles. The molecule has 1 amide bonds. The van der Waals surface area contributed by atoms with Gasteiger partial charge in [0, 0.05) is 6.07 Å². The van der Waals surface area contributed by atoms with Gasteiger partial charge in [-0.2, -0.15) is 0 Å². The van der Waals surface area contributed by atoms with Crippen LogP contribution in [-0.4, -0.2) is 20.0 Å². The third-order valence-corrected chi connectivity index (χ3v) is 10.6. The van der Waals surface area contributed by atoms with E-state index in [9.17, 15) is 9.18 Å². The number of halogens is 1. The topological polar surface area (TPSA) is 47.6 Å². The summed E-state index contributed by atoms with van der Waals surface area (Å²) in [5, 5.41) is 2.44. The Kier molecular flexibility index (Phi) is 7.28. The third kappa shape index (κ3) is 5.46. The maximum Gasteiger partial charge on any atom is 0.412 e. The van der Waals surface area contributed by atoms with Gasteiger partial charge in [0.2, 0.25) is 0 Å². The maximum absolute atomic E-state index is 14.5. The van der Waals surface area contributed by atoms with Crippen LogP contribution in [0.25, 0.3) is 0 Å². The summed E-state index contributed by atoms with van der Waals surface area (Å²) in [4.78, 5) is 11.8. The van der Waals surface area contributed by atoms with Crippen molar-refractivity contribution in [3.05, 3.63) is 24.0 Å². The van der Waals surface area contributed by atoms with Crippen LogP contribution in [0.1, 0.15) is 62.3 Å². The maximum atomic E-state index is 14.5. The molecule has 0 bridgehead atoms. The number of benzene rings is 1. The fourth-order valence-corrected chi connectivity index (χ4v) is 8.87. The van der Waals surface area contributed by atoms with Gasteiger partial charge >= 0.3 is 6.09 Å². The van der Waals surface area contributed by atoms with Gasteiger partial charge in [-0.1, -0.05) is 41.5 Å². The number of ether oxygens (including phenoxy) is 1. The number of anilines is 1. The number of nitrogens with one attached hydrogen (secondary N) is 1. The Balaban J connectivity index is 3.04. The van der Waals surface area contributed by atoms with Crippen LogP contribution in [0, 0.1) is 5.82 Å². The summed E-state index contributed by atoms with van der Waals surface area (Å²) in [7, 11) is -2.15. The molecule has 0 spiro atoms. The highest BCUT2D eigenvalue weighted by atomic mass is 28.4. The monoisotopic (exact) mass is 383 g/mol. The minimum Gasteiger partial charge on any atom is -0.543 e. The molecule has 0 aliphatic heterocycles. The number of rotatable bonds is 6. The van der Waals surface area contributed by atoms with Crippen LogP contribution in [0.5, 0.6) is 5.75 Å². The highest BCUT2D eigenvalue weighted by Crippen LogP contribution is 2.43. The van der Waals surface area contributed by atoms with E-state index in [-0.39, 0.29) is 5.69 Å². The number of amides is 1. The molecular weight excluding hydrogens is 349 g/mol. The molecule has 148 valence electrons. The average Bonchev–Trinajstić information content (AvgIpc) is 2.44. The Labute approximate surface area is 158 Å². The van der Waals surface area contributed by atoms with Gasteiger partial charge in [-0.05, 0) is 49.5 Å². The minimum atomic E-state index is -2.15. The number of hydrogen-bond donors (Lipinski definition) is 1. The molecule has 0 saturated carbocycles. The molecule has 0 saturated heterocycles. The molecule has 0 heterocycles. The quantitative estimate of drug-likeness (QED) is 0.554. The van der Waals surface area contributed by atoms with Crippen LogP contribution in [0.4, 0.5) is 14.9 Å². The number of carbonyl (C=O) groups excluding carboxylic acids is 1. The Hall–Kier alpha value is -1.56. The van der Waals surface area contributed by atoms with Crippen LogP contribution in [0.3, 0.4) is 0 Å². The minimum absolute atomic E-state index is 0.0810. The molecule has 26 heavy (non-hydrogen) atoms. The number of hydrogen-bond acceptors (Lipinski definition) is 3. The van der Waals surface area contributed by atoms with Crippen LogP contribution >= 0.6 is 0 Å². The first-order valence-electron chi connectivity index (χ1n) is 9.28. The van der Waals surface area contributed by atoms with Crippen molar-refractivity contribution < 1.29 is 18.3 Å². The van der Waals surface area contributed by atoms with E-state index in [0.29, 0.717) is 22.4 Å². The lowest BCUT2D eigenvalue weighted by Crippen LogP contribution is -2.50. The molecule has 6 heteroatoms. The smallest absolute Gasteiger partial charge is 0.412 e. The molecule has 0 aliphatic rings. The molecule has 1 aromatic rings. The summed E-state index contributed by atoms with van der Waals surface area (Å²) in [5.41, 5.74) is 0.624. The molecule has 0 atom stereocenters. The Morgan fingerprint density at radius 3 is 1.92 bits per heavy atom. The zero-order valence-electron chi connectivity index (χ0n) is 17.6. The summed E-state index contributed by atoms with van der Waals surface area (Å²) >= 11 is 0. The van der Waals surface area contributed by atoms with E-state index in [1.165, 1.54) is 12.1 Å². The van der Waals surface area contributed by atoms with Gasteiger partial charge in [0.05, 0.1) is 5.69 Å². The summed E-state index contributed by atoms with van der Waals surface area (Å²) in [6.45, 7) is 18.4. The van der Waals surface area contributed by atoms with E-state index in [1.54, 1.807) is 26.8 Å². The molecular formula is C20H34FNO3Si.